The van der Waals surface area contributed by atoms with Gasteiger partial charge in [-0.15, -0.1) is 0 Å². The summed E-state index contributed by atoms with van der Waals surface area (Å²) in [5.41, 5.74) is -0.0860. The average molecular weight is 346 g/mol. The summed E-state index contributed by atoms with van der Waals surface area (Å²) in [5, 5.41) is 10.9. The van der Waals surface area contributed by atoms with Crippen molar-refractivity contribution in [3.8, 4) is 5.75 Å². The fourth-order valence-electron chi connectivity index (χ4n) is 1.25. The number of carbonyl (C=O) groups excluding carboxylic acids is 2. The summed E-state index contributed by atoms with van der Waals surface area (Å²) in [6.07, 6.45) is -0.881. The largest absolute Gasteiger partial charge is 0.483 e. The summed E-state index contributed by atoms with van der Waals surface area (Å²) >= 11 is 3.17. The van der Waals surface area contributed by atoms with Crippen LogP contribution in [0.25, 0.3) is 0 Å². The van der Waals surface area contributed by atoms with Crippen molar-refractivity contribution in [2.24, 2.45) is 0 Å². The fourth-order valence-corrected chi connectivity index (χ4v) is 1.59. The van der Waals surface area contributed by atoms with Crippen molar-refractivity contribution in [1.29, 1.82) is 0 Å². The Kier molecular flexibility index (Phi) is 5.98. The lowest BCUT2D eigenvalue weighted by Gasteiger charge is -2.09. The topological polar surface area (TPSA) is 102 Å². The molecule has 1 aromatic rings. The minimum Gasteiger partial charge on any atom is -0.483 e. The lowest BCUT2D eigenvalue weighted by Crippen LogP contribution is -2.34. The molecular formula is C12H12BrNO6. The molecule has 1 rings (SSSR count). The number of carbonyl (C=O) groups is 3. The smallest absolute Gasteiger partial charge is 0.413 e. The van der Waals surface area contributed by atoms with Crippen LogP contribution in [0.4, 0.5) is 4.79 Å². The first-order valence-electron chi connectivity index (χ1n) is 5.56. The number of ether oxygens (including phenoxy) is 2. The van der Waals surface area contributed by atoms with Crippen molar-refractivity contribution in [3.05, 3.63) is 28.2 Å². The highest BCUT2D eigenvalue weighted by Gasteiger charge is 2.14. The van der Waals surface area contributed by atoms with Gasteiger partial charge in [0.05, 0.1) is 6.61 Å². The van der Waals surface area contributed by atoms with Crippen molar-refractivity contribution in [2.45, 2.75) is 6.92 Å². The molecule has 0 saturated carbocycles. The van der Waals surface area contributed by atoms with Crippen LogP contribution in [0, 0.1) is 0 Å². The third-order valence-electron chi connectivity index (χ3n) is 2.05. The first-order valence-corrected chi connectivity index (χ1v) is 6.35. The molecule has 0 radical (unpaired) electrons. The van der Waals surface area contributed by atoms with Crippen LogP contribution < -0.4 is 10.1 Å². The van der Waals surface area contributed by atoms with Crippen LogP contribution in [0.5, 0.6) is 5.75 Å². The van der Waals surface area contributed by atoms with Crippen LogP contribution in [-0.4, -0.2) is 36.3 Å². The van der Waals surface area contributed by atoms with Crippen molar-refractivity contribution < 1.29 is 29.0 Å². The van der Waals surface area contributed by atoms with Gasteiger partial charge in [-0.05, 0) is 25.1 Å². The van der Waals surface area contributed by atoms with Crippen molar-refractivity contribution in [1.82, 2.24) is 5.32 Å². The van der Waals surface area contributed by atoms with Crippen LogP contribution in [0.2, 0.25) is 0 Å². The minimum absolute atomic E-state index is 0.0193. The number of rotatable bonds is 5. The number of nitrogens with one attached hydrogen (secondary N) is 1. The van der Waals surface area contributed by atoms with E-state index < -0.39 is 24.6 Å². The average Bonchev–Trinajstić information content (AvgIpc) is 2.36. The maximum atomic E-state index is 11.4. The molecule has 0 atom stereocenters. The Hall–Kier alpha value is -2.09. The molecule has 0 fully saturated rings. The Morgan fingerprint density at radius 2 is 2.05 bits per heavy atom. The Bertz CT molecular complexity index is 531. The number of halogens is 1. The number of carboxylic acid groups (broad SMARTS) is 1. The standard InChI is InChI=1S/C12H12BrNO6/c1-2-19-12(18)14-10(15)6-20-9-5-7(13)3-4-8(9)11(16)17/h3-5H,2,6H2,1H3,(H,16,17)(H,14,15,18). The van der Waals surface area contributed by atoms with Gasteiger partial charge in [0.1, 0.15) is 11.3 Å². The van der Waals surface area contributed by atoms with Crippen LogP contribution in [0.15, 0.2) is 22.7 Å². The SMILES string of the molecule is CCOC(=O)NC(=O)COc1cc(Br)ccc1C(=O)O. The maximum Gasteiger partial charge on any atom is 0.413 e. The van der Waals surface area contributed by atoms with Crippen molar-refractivity contribution in [2.75, 3.05) is 13.2 Å². The Morgan fingerprint density at radius 3 is 2.65 bits per heavy atom. The normalized spacial score (nSPS) is 9.70. The molecule has 2 amide bonds. The zero-order chi connectivity index (χ0) is 15.1. The number of alkyl carbamates (subject to hydrolysis) is 1. The number of amides is 2. The molecule has 20 heavy (non-hydrogen) atoms. The summed E-state index contributed by atoms with van der Waals surface area (Å²) in [5.74, 6) is -1.90. The number of imide groups is 1. The van der Waals surface area contributed by atoms with E-state index in [0.717, 1.165) is 0 Å². The Balaban J connectivity index is 2.65. The summed E-state index contributed by atoms with van der Waals surface area (Å²) in [4.78, 5) is 33.3. The molecule has 7 nitrogen and oxygen atoms in total. The second-order valence-electron chi connectivity index (χ2n) is 3.50. The zero-order valence-electron chi connectivity index (χ0n) is 10.5. The van der Waals surface area contributed by atoms with Gasteiger partial charge in [-0.2, -0.15) is 0 Å². The van der Waals surface area contributed by atoms with Crippen LogP contribution in [-0.2, 0) is 9.53 Å². The molecule has 8 heteroatoms. The monoisotopic (exact) mass is 345 g/mol. The molecule has 0 aliphatic carbocycles. The zero-order valence-corrected chi connectivity index (χ0v) is 12.1. The van der Waals surface area contributed by atoms with Gasteiger partial charge in [0.2, 0.25) is 0 Å². The predicted octanol–water partition coefficient (Wildman–Crippen LogP) is 1.80. The van der Waals surface area contributed by atoms with Gasteiger partial charge in [0.25, 0.3) is 5.91 Å². The molecular weight excluding hydrogens is 334 g/mol. The third kappa shape index (κ3) is 4.88. The van der Waals surface area contributed by atoms with Crippen LogP contribution >= 0.6 is 15.9 Å². The van der Waals surface area contributed by atoms with Gasteiger partial charge in [-0.3, -0.25) is 10.1 Å². The van der Waals surface area contributed by atoms with Gasteiger partial charge in [-0.25, -0.2) is 9.59 Å². The number of benzene rings is 1. The number of hydrogen-bond donors (Lipinski definition) is 2. The predicted molar refractivity (Wildman–Crippen MR) is 71.8 cm³/mol. The highest BCUT2D eigenvalue weighted by atomic mass is 79.9. The fraction of sp³-hybridized carbons (Fsp3) is 0.250. The third-order valence-corrected chi connectivity index (χ3v) is 2.54. The molecule has 0 bridgehead atoms. The lowest BCUT2D eigenvalue weighted by molar-refractivity contribution is -0.122. The molecule has 0 spiro atoms. The number of aromatic carboxylic acids is 1. The highest BCUT2D eigenvalue weighted by Crippen LogP contribution is 2.23. The number of hydrogen-bond acceptors (Lipinski definition) is 5. The summed E-state index contributed by atoms with van der Waals surface area (Å²) in [6, 6.07) is 4.29. The van der Waals surface area contributed by atoms with E-state index in [9.17, 15) is 14.4 Å². The van der Waals surface area contributed by atoms with Gasteiger partial charge in [0.15, 0.2) is 6.61 Å². The molecule has 0 aromatic heterocycles. The van der Waals surface area contributed by atoms with E-state index in [1.807, 2.05) is 5.32 Å². The van der Waals surface area contributed by atoms with E-state index in [1.54, 1.807) is 6.92 Å². The van der Waals surface area contributed by atoms with Gasteiger partial charge in [-0.1, -0.05) is 15.9 Å². The van der Waals surface area contributed by atoms with E-state index in [2.05, 4.69) is 20.7 Å². The molecule has 0 saturated heterocycles. The summed E-state index contributed by atoms with van der Waals surface area (Å²) in [6.45, 7) is 1.23. The van der Waals surface area contributed by atoms with E-state index in [1.165, 1.54) is 18.2 Å². The van der Waals surface area contributed by atoms with E-state index in [-0.39, 0.29) is 17.9 Å². The van der Waals surface area contributed by atoms with Crippen molar-refractivity contribution in [3.63, 3.8) is 0 Å². The summed E-state index contributed by atoms with van der Waals surface area (Å²) in [7, 11) is 0. The van der Waals surface area contributed by atoms with Gasteiger partial charge in [0, 0.05) is 4.47 Å². The van der Waals surface area contributed by atoms with Crippen LogP contribution in [0.1, 0.15) is 17.3 Å². The van der Waals surface area contributed by atoms with Gasteiger partial charge < -0.3 is 14.6 Å². The number of carboxylic acids is 1. The van der Waals surface area contributed by atoms with Gasteiger partial charge >= 0.3 is 12.1 Å². The molecule has 0 aliphatic heterocycles. The molecule has 0 unspecified atom stereocenters. The highest BCUT2D eigenvalue weighted by molar-refractivity contribution is 9.10. The lowest BCUT2D eigenvalue weighted by atomic mass is 10.2. The summed E-state index contributed by atoms with van der Waals surface area (Å²) < 4.78 is 10.2. The quantitative estimate of drug-likeness (QED) is 0.843. The van der Waals surface area contributed by atoms with E-state index >= 15 is 0 Å². The molecule has 108 valence electrons. The first kappa shape index (κ1) is 16.0. The second kappa shape index (κ2) is 7.49. The van der Waals surface area contributed by atoms with Crippen LogP contribution in [0.3, 0.4) is 0 Å². The van der Waals surface area contributed by atoms with E-state index in [4.69, 9.17) is 9.84 Å². The van der Waals surface area contributed by atoms with Crippen molar-refractivity contribution >= 4 is 33.9 Å². The Labute approximate surface area is 123 Å². The van der Waals surface area contributed by atoms with E-state index in [0.29, 0.717) is 4.47 Å². The Morgan fingerprint density at radius 1 is 1.35 bits per heavy atom. The first-order chi connectivity index (χ1) is 9.43. The molecule has 2 N–H and O–H groups in total. The molecule has 1 aromatic carbocycles. The molecule has 0 heterocycles. The maximum absolute atomic E-state index is 11.4. The molecule has 0 aliphatic rings. The minimum atomic E-state index is -1.18. The second-order valence-corrected chi connectivity index (χ2v) is 4.42.